The Morgan fingerprint density at radius 2 is 1.96 bits per heavy atom. The van der Waals surface area contributed by atoms with Gasteiger partial charge in [-0.05, 0) is 38.2 Å². The number of nitrogens with one attached hydrogen (secondary N) is 2. The van der Waals surface area contributed by atoms with Crippen molar-refractivity contribution in [3.63, 3.8) is 0 Å². The molecular formula is C21H30N6. The minimum atomic E-state index is 0.267. The molecule has 0 spiro atoms. The monoisotopic (exact) mass is 366 g/mol. The predicted octanol–water partition coefficient (Wildman–Crippen LogP) is 2.79. The van der Waals surface area contributed by atoms with E-state index in [1.807, 2.05) is 0 Å². The molecule has 0 amide bonds. The molecule has 6 nitrogen and oxygen atoms in total. The van der Waals surface area contributed by atoms with Gasteiger partial charge in [0.15, 0.2) is 11.8 Å². The minimum absolute atomic E-state index is 0.267. The van der Waals surface area contributed by atoms with E-state index in [1.165, 1.54) is 37.7 Å². The zero-order chi connectivity index (χ0) is 18.5. The molecule has 0 unspecified atom stereocenters. The molecule has 2 heterocycles. The molecule has 0 bridgehead atoms. The summed E-state index contributed by atoms with van der Waals surface area (Å²) in [6.45, 7) is 5.46. The highest BCUT2D eigenvalue weighted by molar-refractivity contribution is 5.79. The van der Waals surface area contributed by atoms with Crippen molar-refractivity contribution in [1.29, 1.82) is 0 Å². The topological polar surface area (TPSA) is 67.1 Å². The van der Waals surface area contributed by atoms with Crippen LogP contribution in [0.15, 0.2) is 35.3 Å². The average molecular weight is 367 g/mol. The molecule has 144 valence electrons. The molecule has 1 saturated carbocycles. The Bertz CT molecular complexity index is 775. The third kappa shape index (κ3) is 4.15. The van der Waals surface area contributed by atoms with Crippen molar-refractivity contribution in [2.24, 2.45) is 4.99 Å². The Morgan fingerprint density at radius 1 is 1.11 bits per heavy atom. The first-order valence-electron chi connectivity index (χ1n) is 10.3. The molecule has 1 fully saturated rings. The van der Waals surface area contributed by atoms with Crippen LogP contribution >= 0.6 is 0 Å². The van der Waals surface area contributed by atoms with Gasteiger partial charge in [-0.25, -0.2) is 4.99 Å². The first kappa shape index (κ1) is 18.0. The number of fused-ring (bicyclic) bond motifs is 1. The van der Waals surface area contributed by atoms with Gasteiger partial charge in [0, 0.05) is 31.5 Å². The third-order valence-electron chi connectivity index (χ3n) is 5.74. The van der Waals surface area contributed by atoms with Gasteiger partial charge in [-0.2, -0.15) is 0 Å². The summed E-state index contributed by atoms with van der Waals surface area (Å²) in [4.78, 5) is 4.79. The largest absolute Gasteiger partial charge is 0.357 e. The second kappa shape index (κ2) is 8.11. The lowest BCUT2D eigenvalue weighted by molar-refractivity contribution is 0.604. The van der Waals surface area contributed by atoms with Crippen LogP contribution in [0.2, 0.25) is 0 Å². The van der Waals surface area contributed by atoms with Crippen LogP contribution in [0.1, 0.15) is 56.2 Å². The molecule has 1 aromatic heterocycles. The minimum Gasteiger partial charge on any atom is -0.357 e. The van der Waals surface area contributed by atoms with Crippen molar-refractivity contribution < 1.29 is 0 Å². The van der Waals surface area contributed by atoms with Crippen LogP contribution in [-0.4, -0.2) is 33.8 Å². The van der Waals surface area contributed by atoms with Crippen LogP contribution in [0.5, 0.6) is 0 Å². The average Bonchev–Trinajstić information content (AvgIpc) is 3.46. The van der Waals surface area contributed by atoms with E-state index in [4.69, 9.17) is 4.99 Å². The van der Waals surface area contributed by atoms with Gasteiger partial charge in [0.1, 0.15) is 12.4 Å². The van der Waals surface area contributed by atoms with Gasteiger partial charge in [0.05, 0.1) is 0 Å². The van der Waals surface area contributed by atoms with Crippen molar-refractivity contribution in [3.8, 4) is 0 Å². The summed E-state index contributed by atoms with van der Waals surface area (Å²) >= 11 is 0. The fourth-order valence-corrected chi connectivity index (χ4v) is 3.92. The number of aliphatic imine (C=N–C) groups is 1. The maximum Gasteiger partial charge on any atom is 0.191 e. The van der Waals surface area contributed by atoms with E-state index in [0.717, 1.165) is 43.7 Å². The van der Waals surface area contributed by atoms with Crippen molar-refractivity contribution in [3.05, 3.63) is 47.5 Å². The number of rotatable bonds is 6. The quantitative estimate of drug-likeness (QED) is 0.609. The van der Waals surface area contributed by atoms with Crippen LogP contribution in [0.25, 0.3) is 0 Å². The number of aromatic nitrogens is 3. The van der Waals surface area contributed by atoms with E-state index >= 15 is 0 Å². The number of aryl methyl sites for hydroxylation is 1. The summed E-state index contributed by atoms with van der Waals surface area (Å²) in [5.41, 5.74) is 1.69. The van der Waals surface area contributed by atoms with Crippen molar-refractivity contribution >= 4 is 5.96 Å². The Balaban J connectivity index is 1.42. The molecule has 27 heavy (non-hydrogen) atoms. The molecule has 4 rings (SSSR count). The summed E-state index contributed by atoms with van der Waals surface area (Å²) in [6.07, 6.45) is 7.21. The molecule has 6 heteroatoms. The Kier molecular flexibility index (Phi) is 5.41. The fourth-order valence-electron chi connectivity index (χ4n) is 3.92. The SMILES string of the molecule is CCNC(=NCc1nnc2n1CCCCC2)NCC1(c2ccccc2)CC1. The molecule has 0 saturated heterocycles. The zero-order valence-corrected chi connectivity index (χ0v) is 16.2. The van der Waals surface area contributed by atoms with E-state index in [1.54, 1.807) is 0 Å². The van der Waals surface area contributed by atoms with Crippen LogP contribution in [-0.2, 0) is 24.9 Å². The highest BCUT2D eigenvalue weighted by atomic mass is 15.3. The second-order valence-corrected chi connectivity index (χ2v) is 7.69. The summed E-state index contributed by atoms with van der Waals surface area (Å²) < 4.78 is 2.27. The molecule has 1 aliphatic heterocycles. The number of benzene rings is 1. The van der Waals surface area contributed by atoms with E-state index in [9.17, 15) is 0 Å². The van der Waals surface area contributed by atoms with Gasteiger partial charge >= 0.3 is 0 Å². The molecule has 1 aliphatic carbocycles. The number of hydrogen-bond acceptors (Lipinski definition) is 3. The predicted molar refractivity (Wildman–Crippen MR) is 108 cm³/mol. The highest BCUT2D eigenvalue weighted by Crippen LogP contribution is 2.47. The number of nitrogens with zero attached hydrogens (tertiary/aromatic N) is 4. The van der Waals surface area contributed by atoms with Crippen LogP contribution in [0.4, 0.5) is 0 Å². The van der Waals surface area contributed by atoms with E-state index in [0.29, 0.717) is 6.54 Å². The Hall–Kier alpha value is -2.37. The van der Waals surface area contributed by atoms with E-state index in [2.05, 4.69) is 62.7 Å². The molecule has 2 aromatic rings. The lowest BCUT2D eigenvalue weighted by Gasteiger charge is -2.19. The van der Waals surface area contributed by atoms with Crippen LogP contribution in [0.3, 0.4) is 0 Å². The van der Waals surface area contributed by atoms with Crippen molar-refractivity contribution in [1.82, 2.24) is 25.4 Å². The Labute approximate surface area is 161 Å². The summed E-state index contributed by atoms with van der Waals surface area (Å²) in [5.74, 6) is 2.97. The smallest absolute Gasteiger partial charge is 0.191 e. The summed E-state index contributed by atoms with van der Waals surface area (Å²) in [5, 5.41) is 15.7. The van der Waals surface area contributed by atoms with Gasteiger partial charge in [-0.1, -0.05) is 36.8 Å². The van der Waals surface area contributed by atoms with Crippen LogP contribution in [0, 0.1) is 0 Å². The van der Waals surface area contributed by atoms with Gasteiger partial charge in [-0.15, -0.1) is 10.2 Å². The molecular weight excluding hydrogens is 336 g/mol. The maximum atomic E-state index is 4.79. The lowest BCUT2D eigenvalue weighted by atomic mass is 9.96. The summed E-state index contributed by atoms with van der Waals surface area (Å²) in [6, 6.07) is 10.8. The van der Waals surface area contributed by atoms with Gasteiger partial charge < -0.3 is 15.2 Å². The normalized spacial score (nSPS) is 18.5. The van der Waals surface area contributed by atoms with Gasteiger partial charge in [-0.3, -0.25) is 0 Å². The first-order chi connectivity index (χ1) is 13.3. The third-order valence-corrected chi connectivity index (χ3v) is 5.74. The first-order valence-corrected chi connectivity index (χ1v) is 10.3. The molecule has 0 atom stereocenters. The van der Waals surface area contributed by atoms with E-state index in [-0.39, 0.29) is 5.41 Å². The maximum absolute atomic E-state index is 4.79. The highest BCUT2D eigenvalue weighted by Gasteiger charge is 2.44. The number of guanidine groups is 1. The summed E-state index contributed by atoms with van der Waals surface area (Å²) in [7, 11) is 0. The van der Waals surface area contributed by atoms with Crippen molar-refractivity contribution in [2.45, 2.75) is 64.0 Å². The molecule has 2 aliphatic rings. The standard InChI is InChI=1S/C21H30N6/c1-2-22-20(24-16-21(12-13-21)17-9-5-3-6-10-17)23-15-19-26-25-18-11-7-4-8-14-27(18)19/h3,5-6,9-10H,2,4,7-8,11-16H2,1H3,(H2,22,23,24). The van der Waals surface area contributed by atoms with Crippen molar-refractivity contribution in [2.75, 3.05) is 13.1 Å². The molecule has 2 N–H and O–H groups in total. The molecule has 0 radical (unpaired) electrons. The fraction of sp³-hybridized carbons (Fsp3) is 0.571. The lowest BCUT2D eigenvalue weighted by Crippen LogP contribution is -2.41. The van der Waals surface area contributed by atoms with Gasteiger partial charge in [0.2, 0.25) is 0 Å². The number of hydrogen-bond donors (Lipinski definition) is 2. The van der Waals surface area contributed by atoms with Crippen LogP contribution < -0.4 is 10.6 Å². The second-order valence-electron chi connectivity index (χ2n) is 7.69. The Morgan fingerprint density at radius 3 is 2.74 bits per heavy atom. The van der Waals surface area contributed by atoms with E-state index < -0.39 is 0 Å². The zero-order valence-electron chi connectivity index (χ0n) is 16.2. The van der Waals surface area contributed by atoms with Gasteiger partial charge in [0.25, 0.3) is 0 Å². The molecule has 1 aromatic carbocycles.